The molecule has 84 valence electrons. The highest BCUT2D eigenvalue weighted by molar-refractivity contribution is 5.86. The van der Waals surface area contributed by atoms with Crippen LogP contribution in [0.3, 0.4) is 0 Å². The van der Waals surface area contributed by atoms with Crippen molar-refractivity contribution in [3.8, 4) is 0 Å². The van der Waals surface area contributed by atoms with Crippen molar-refractivity contribution < 1.29 is 4.79 Å². The zero-order chi connectivity index (χ0) is 10.7. The molecule has 3 heteroatoms. The Morgan fingerprint density at radius 2 is 2.07 bits per heavy atom. The van der Waals surface area contributed by atoms with Crippen LogP contribution in [0.4, 0.5) is 0 Å². The average Bonchev–Trinajstić information content (AvgIpc) is 2.68. The standard InChI is InChI=1S/C12H20N2O/c13-12(8-4-5-9-12)11(15)14-10-6-2-1-3-7-10/h1-2,10H,3-9,13H2,(H,14,15). The van der Waals surface area contributed by atoms with Crippen LogP contribution in [0.2, 0.25) is 0 Å². The third kappa shape index (κ3) is 2.40. The fourth-order valence-electron chi connectivity index (χ4n) is 2.49. The first kappa shape index (κ1) is 10.7. The smallest absolute Gasteiger partial charge is 0.240 e. The van der Waals surface area contributed by atoms with Gasteiger partial charge in [-0.3, -0.25) is 4.79 Å². The van der Waals surface area contributed by atoms with E-state index in [4.69, 9.17) is 5.73 Å². The summed E-state index contributed by atoms with van der Waals surface area (Å²) in [5.41, 5.74) is 5.52. The summed E-state index contributed by atoms with van der Waals surface area (Å²) in [6.07, 6.45) is 11.3. The molecule has 1 saturated carbocycles. The summed E-state index contributed by atoms with van der Waals surface area (Å²) in [7, 11) is 0. The Kier molecular flexibility index (Phi) is 3.10. The summed E-state index contributed by atoms with van der Waals surface area (Å²) in [6, 6.07) is 0.309. The molecule has 0 saturated heterocycles. The molecule has 0 aromatic carbocycles. The van der Waals surface area contributed by atoms with Gasteiger partial charge in [0.25, 0.3) is 0 Å². The lowest BCUT2D eigenvalue weighted by molar-refractivity contribution is -0.126. The van der Waals surface area contributed by atoms with E-state index >= 15 is 0 Å². The van der Waals surface area contributed by atoms with Crippen LogP contribution in [0.15, 0.2) is 12.2 Å². The monoisotopic (exact) mass is 208 g/mol. The summed E-state index contributed by atoms with van der Waals surface area (Å²) < 4.78 is 0. The number of carbonyl (C=O) groups is 1. The van der Waals surface area contributed by atoms with E-state index in [1.807, 2.05) is 0 Å². The van der Waals surface area contributed by atoms with Gasteiger partial charge in [0.1, 0.15) is 0 Å². The molecular formula is C12H20N2O. The lowest BCUT2D eigenvalue weighted by Crippen LogP contribution is -2.54. The molecule has 15 heavy (non-hydrogen) atoms. The van der Waals surface area contributed by atoms with Gasteiger partial charge in [0, 0.05) is 6.04 Å². The number of hydrogen-bond donors (Lipinski definition) is 2. The summed E-state index contributed by atoms with van der Waals surface area (Å²) in [5, 5.41) is 3.09. The normalized spacial score (nSPS) is 29.0. The Hall–Kier alpha value is -0.830. The quantitative estimate of drug-likeness (QED) is 0.675. The zero-order valence-electron chi connectivity index (χ0n) is 9.17. The first-order valence-corrected chi connectivity index (χ1v) is 5.95. The van der Waals surface area contributed by atoms with Crippen molar-refractivity contribution in [1.29, 1.82) is 0 Å². The van der Waals surface area contributed by atoms with E-state index < -0.39 is 5.54 Å². The molecule has 1 unspecified atom stereocenters. The highest BCUT2D eigenvalue weighted by Crippen LogP contribution is 2.27. The van der Waals surface area contributed by atoms with Crippen LogP contribution in [-0.4, -0.2) is 17.5 Å². The van der Waals surface area contributed by atoms with E-state index in [9.17, 15) is 4.79 Å². The van der Waals surface area contributed by atoms with E-state index in [2.05, 4.69) is 17.5 Å². The molecule has 1 amide bonds. The number of hydrogen-bond acceptors (Lipinski definition) is 2. The van der Waals surface area contributed by atoms with Crippen molar-refractivity contribution in [2.24, 2.45) is 5.73 Å². The number of amides is 1. The highest BCUT2D eigenvalue weighted by Gasteiger charge is 2.37. The van der Waals surface area contributed by atoms with Crippen LogP contribution in [0.25, 0.3) is 0 Å². The minimum Gasteiger partial charge on any atom is -0.351 e. The lowest BCUT2D eigenvalue weighted by Gasteiger charge is -2.27. The van der Waals surface area contributed by atoms with Crippen LogP contribution in [0.1, 0.15) is 44.9 Å². The molecule has 2 aliphatic rings. The van der Waals surface area contributed by atoms with Crippen molar-refractivity contribution in [2.75, 3.05) is 0 Å². The SMILES string of the molecule is NC1(C(=O)NC2CC=CCC2)CCCC1. The molecule has 1 atom stereocenters. The van der Waals surface area contributed by atoms with Gasteiger partial charge in [0.15, 0.2) is 0 Å². The van der Waals surface area contributed by atoms with Crippen LogP contribution in [-0.2, 0) is 4.79 Å². The Labute approximate surface area is 91.1 Å². The van der Waals surface area contributed by atoms with Crippen molar-refractivity contribution in [3.63, 3.8) is 0 Å². The van der Waals surface area contributed by atoms with Gasteiger partial charge in [-0.25, -0.2) is 0 Å². The fraction of sp³-hybridized carbons (Fsp3) is 0.750. The second kappa shape index (κ2) is 4.35. The predicted molar refractivity (Wildman–Crippen MR) is 60.3 cm³/mol. The van der Waals surface area contributed by atoms with E-state index in [0.29, 0.717) is 6.04 Å². The third-order valence-corrected chi connectivity index (χ3v) is 3.55. The maximum Gasteiger partial charge on any atom is 0.240 e. The van der Waals surface area contributed by atoms with Gasteiger partial charge in [-0.05, 0) is 32.1 Å². The minimum atomic E-state index is -0.568. The first-order valence-electron chi connectivity index (χ1n) is 5.95. The molecule has 0 spiro atoms. The molecule has 2 aliphatic carbocycles. The van der Waals surface area contributed by atoms with Crippen molar-refractivity contribution >= 4 is 5.91 Å². The van der Waals surface area contributed by atoms with E-state index in [1.165, 1.54) is 0 Å². The Balaban J connectivity index is 1.88. The van der Waals surface area contributed by atoms with Crippen LogP contribution in [0, 0.1) is 0 Å². The lowest BCUT2D eigenvalue weighted by atomic mass is 9.95. The second-order valence-electron chi connectivity index (χ2n) is 4.82. The van der Waals surface area contributed by atoms with Gasteiger partial charge >= 0.3 is 0 Å². The Morgan fingerprint density at radius 1 is 1.33 bits per heavy atom. The molecule has 0 heterocycles. The van der Waals surface area contributed by atoms with Crippen LogP contribution < -0.4 is 11.1 Å². The zero-order valence-corrected chi connectivity index (χ0v) is 9.17. The molecule has 3 nitrogen and oxygen atoms in total. The van der Waals surface area contributed by atoms with Gasteiger partial charge in [0.05, 0.1) is 5.54 Å². The van der Waals surface area contributed by atoms with Gasteiger partial charge in [0.2, 0.25) is 5.91 Å². The molecule has 0 aromatic heterocycles. The first-order chi connectivity index (χ1) is 7.21. The number of nitrogens with two attached hydrogens (primary N) is 1. The summed E-state index contributed by atoms with van der Waals surface area (Å²) in [6.45, 7) is 0. The second-order valence-corrected chi connectivity index (χ2v) is 4.82. The minimum absolute atomic E-state index is 0.0697. The van der Waals surface area contributed by atoms with Gasteiger partial charge < -0.3 is 11.1 Å². The third-order valence-electron chi connectivity index (χ3n) is 3.55. The average molecular weight is 208 g/mol. The van der Waals surface area contributed by atoms with Gasteiger partial charge in [-0.1, -0.05) is 25.0 Å². The Bertz CT molecular complexity index is 267. The maximum absolute atomic E-state index is 12.0. The predicted octanol–water partition coefficient (Wildman–Crippen LogP) is 1.48. The van der Waals surface area contributed by atoms with E-state index in [1.54, 1.807) is 0 Å². The van der Waals surface area contributed by atoms with Crippen LogP contribution in [0.5, 0.6) is 0 Å². The highest BCUT2D eigenvalue weighted by atomic mass is 16.2. The molecule has 1 fully saturated rings. The van der Waals surface area contributed by atoms with Crippen molar-refractivity contribution in [2.45, 2.75) is 56.5 Å². The van der Waals surface area contributed by atoms with Gasteiger partial charge in [-0.15, -0.1) is 0 Å². The van der Waals surface area contributed by atoms with E-state index in [-0.39, 0.29) is 5.91 Å². The maximum atomic E-state index is 12.0. The van der Waals surface area contributed by atoms with E-state index in [0.717, 1.165) is 44.9 Å². The van der Waals surface area contributed by atoms with Gasteiger partial charge in [-0.2, -0.15) is 0 Å². The number of carbonyl (C=O) groups excluding carboxylic acids is 1. The largest absolute Gasteiger partial charge is 0.351 e. The summed E-state index contributed by atoms with van der Waals surface area (Å²) in [5.74, 6) is 0.0697. The molecule has 3 N–H and O–H groups in total. The number of allylic oxidation sites excluding steroid dienone is 1. The number of nitrogens with one attached hydrogen (secondary N) is 1. The van der Waals surface area contributed by atoms with Crippen LogP contribution >= 0.6 is 0 Å². The van der Waals surface area contributed by atoms with Crippen molar-refractivity contribution in [3.05, 3.63) is 12.2 Å². The molecule has 0 aromatic rings. The topological polar surface area (TPSA) is 55.1 Å². The summed E-state index contributed by atoms with van der Waals surface area (Å²) >= 11 is 0. The fourth-order valence-corrected chi connectivity index (χ4v) is 2.49. The number of rotatable bonds is 2. The molecule has 2 rings (SSSR count). The van der Waals surface area contributed by atoms with Crippen molar-refractivity contribution in [1.82, 2.24) is 5.32 Å². The molecule has 0 aliphatic heterocycles. The molecular weight excluding hydrogens is 188 g/mol. The molecule has 0 radical (unpaired) electrons. The molecule has 0 bridgehead atoms. The summed E-state index contributed by atoms with van der Waals surface area (Å²) in [4.78, 5) is 12.0. The Morgan fingerprint density at radius 3 is 2.67 bits per heavy atom.